The molecule has 0 amide bonds. The van der Waals surface area contributed by atoms with E-state index < -0.39 is 0 Å². The number of hydrogen-bond donors (Lipinski definition) is 1. The van der Waals surface area contributed by atoms with Gasteiger partial charge >= 0.3 is 5.69 Å². The van der Waals surface area contributed by atoms with Gasteiger partial charge in [-0.25, -0.2) is 4.79 Å². The van der Waals surface area contributed by atoms with Crippen molar-refractivity contribution in [3.05, 3.63) is 22.7 Å². The van der Waals surface area contributed by atoms with Gasteiger partial charge in [0.05, 0.1) is 12.2 Å². The zero-order valence-corrected chi connectivity index (χ0v) is 13.8. The summed E-state index contributed by atoms with van der Waals surface area (Å²) in [6, 6.07) is 1.79. The van der Waals surface area contributed by atoms with E-state index in [0.717, 1.165) is 12.3 Å². The van der Waals surface area contributed by atoms with Crippen LogP contribution >= 0.6 is 11.8 Å². The third-order valence-electron chi connectivity index (χ3n) is 2.88. The summed E-state index contributed by atoms with van der Waals surface area (Å²) in [5.41, 5.74) is -0.528. The average molecular weight is 313 g/mol. The van der Waals surface area contributed by atoms with Crippen molar-refractivity contribution in [3.8, 4) is 0 Å². The van der Waals surface area contributed by atoms with Gasteiger partial charge in [0, 0.05) is 18.5 Å². The smallest absolute Gasteiger partial charge is 0.351 e. The van der Waals surface area contributed by atoms with Gasteiger partial charge in [0.1, 0.15) is 17.5 Å². The van der Waals surface area contributed by atoms with Crippen molar-refractivity contribution in [2.45, 2.75) is 45.0 Å². The van der Waals surface area contributed by atoms with Crippen molar-refractivity contribution in [1.82, 2.24) is 9.55 Å². The van der Waals surface area contributed by atoms with Crippen LogP contribution in [0.3, 0.4) is 0 Å². The molecule has 118 valence electrons. The van der Waals surface area contributed by atoms with Gasteiger partial charge in [-0.05, 0) is 33.8 Å². The van der Waals surface area contributed by atoms with Gasteiger partial charge in [-0.2, -0.15) is 4.98 Å². The number of hydrogen-bond acceptors (Lipinski definition) is 6. The lowest BCUT2D eigenvalue weighted by atomic mass is 10.2. The standard InChI is InChI=1S/C14H23N3O3S/c1-5-15-10-6-7-17(13(18)16-10)11-9-21-12(20-11)8-19-14(2,3)4/h6-7,11-12H,5,8-9H2,1-4H3,(H,15,16,18)/t11-,12+/m0/s1. The second-order valence-corrected chi connectivity index (χ2v) is 7.00. The lowest BCUT2D eigenvalue weighted by molar-refractivity contribution is -0.0684. The highest BCUT2D eigenvalue weighted by Crippen LogP contribution is 2.31. The van der Waals surface area contributed by atoms with Crippen LogP contribution in [-0.2, 0) is 9.47 Å². The van der Waals surface area contributed by atoms with Crippen LogP contribution < -0.4 is 11.0 Å². The molecule has 0 aliphatic carbocycles. The monoisotopic (exact) mass is 313 g/mol. The molecule has 1 saturated heterocycles. The normalized spacial score (nSPS) is 22.5. The number of nitrogens with one attached hydrogen (secondary N) is 1. The Balaban J connectivity index is 1.96. The zero-order chi connectivity index (χ0) is 15.5. The van der Waals surface area contributed by atoms with Crippen molar-refractivity contribution in [2.24, 2.45) is 0 Å². The highest BCUT2D eigenvalue weighted by Gasteiger charge is 2.29. The van der Waals surface area contributed by atoms with Gasteiger partial charge in [0.15, 0.2) is 0 Å². The summed E-state index contributed by atoms with van der Waals surface area (Å²) >= 11 is 1.66. The van der Waals surface area contributed by atoms with Crippen LogP contribution in [0, 0.1) is 0 Å². The topological polar surface area (TPSA) is 65.4 Å². The van der Waals surface area contributed by atoms with E-state index in [0.29, 0.717) is 12.4 Å². The number of ether oxygens (including phenoxy) is 2. The van der Waals surface area contributed by atoms with Crippen molar-refractivity contribution < 1.29 is 9.47 Å². The molecule has 1 N–H and O–H groups in total. The van der Waals surface area contributed by atoms with Gasteiger partial charge in [-0.3, -0.25) is 4.57 Å². The number of anilines is 1. The minimum Gasteiger partial charge on any atom is -0.372 e. The second-order valence-electron chi connectivity index (χ2n) is 5.81. The van der Waals surface area contributed by atoms with Crippen molar-refractivity contribution in [3.63, 3.8) is 0 Å². The Morgan fingerprint density at radius 2 is 2.33 bits per heavy atom. The first-order valence-corrected chi connectivity index (χ1v) is 8.18. The van der Waals surface area contributed by atoms with Gasteiger partial charge in [0.2, 0.25) is 0 Å². The Hall–Kier alpha value is -1.05. The van der Waals surface area contributed by atoms with E-state index in [4.69, 9.17) is 9.47 Å². The molecular formula is C14H23N3O3S. The Bertz CT molecular complexity index is 527. The van der Waals surface area contributed by atoms with Crippen LogP contribution in [0.5, 0.6) is 0 Å². The molecule has 6 nitrogen and oxygen atoms in total. The molecule has 1 aliphatic rings. The maximum absolute atomic E-state index is 12.0. The van der Waals surface area contributed by atoms with Gasteiger partial charge in [-0.15, -0.1) is 11.8 Å². The lowest BCUT2D eigenvalue weighted by Crippen LogP contribution is -2.29. The molecule has 2 heterocycles. The fraction of sp³-hybridized carbons (Fsp3) is 0.714. The van der Waals surface area contributed by atoms with Crippen LogP contribution in [0.15, 0.2) is 17.1 Å². The van der Waals surface area contributed by atoms with Crippen LogP contribution in [0.25, 0.3) is 0 Å². The van der Waals surface area contributed by atoms with Crippen molar-refractivity contribution in [1.29, 1.82) is 0 Å². The van der Waals surface area contributed by atoms with E-state index in [1.165, 1.54) is 4.57 Å². The van der Waals surface area contributed by atoms with Gasteiger partial charge in [0.25, 0.3) is 0 Å². The van der Waals surface area contributed by atoms with Crippen molar-refractivity contribution in [2.75, 3.05) is 24.2 Å². The minimum absolute atomic E-state index is 0.0467. The van der Waals surface area contributed by atoms with Crippen LogP contribution in [0.1, 0.15) is 33.9 Å². The Morgan fingerprint density at radius 1 is 1.57 bits per heavy atom. The Kier molecular flexibility index (Phi) is 5.29. The van der Waals surface area contributed by atoms with E-state index in [2.05, 4.69) is 10.3 Å². The number of aromatic nitrogens is 2. The third kappa shape index (κ3) is 4.72. The first kappa shape index (κ1) is 16.3. The van der Waals surface area contributed by atoms with E-state index in [1.54, 1.807) is 24.0 Å². The number of thioether (sulfide) groups is 1. The summed E-state index contributed by atoms with van der Waals surface area (Å²) in [6.45, 7) is 9.25. The highest BCUT2D eigenvalue weighted by molar-refractivity contribution is 8.00. The Labute approximate surface area is 129 Å². The molecule has 7 heteroatoms. The molecule has 21 heavy (non-hydrogen) atoms. The maximum Gasteiger partial charge on any atom is 0.351 e. The molecule has 0 spiro atoms. The molecule has 1 fully saturated rings. The quantitative estimate of drug-likeness (QED) is 0.898. The summed E-state index contributed by atoms with van der Waals surface area (Å²) in [5, 5.41) is 3.02. The first-order chi connectivity index (χ1) is 9.89. The van der Waals surface area contributed by atoms with E-state index in [-0.39, 0.29) is 23.0 Å². The fourth-order valence-corrected chi connectivity index (χ4v) is 2.90. The van der Waals surface area contributed by atoms with Gasteiger partial charge in [-0.1, -0.05) is 0 Å². The average Bonchev–Trinajstić information content (AvgIpc) is 2.85. The Morgan fingerprint density at radius 3 is 2.95 bits per heavy atom. The molecule has 2 atom stereocenters. The molecule has 1 aliphatic heterocycles. The van der Waals surface area contributed by atoms with E-state index in [9.17, 15) is 4.79 Å². The molecule has 1 aromatic rings. The van der Waals surface area contributed by atoms with Crippen LogP contribution in [0.4, 0.5) is 5.82 Å². The second kappa shape index (κ2) is 6.81. The summed E-state index contributed by atoms with van der Waals surface area (Å²) < 4.78 is 13.1. The summed E-state index contributed by atoms with van der Waals surface area (Å²) in [5.74, 6) is 1.32. The fourth-order valence-electron chi connectivity index (χ4n) is 1.91. The number of nitrogens with zero attached hydrogens (tertiary/aromatic N) is 2. The minimum atomic E-state index is -0.295. The molecule has 0 bridgehead atoms. The molecule has 0 aromatic carbocycles. The molecule has 0 saturated carbocycles. The molecule has 2 rings (SSSR count). The lowest BCUT2D eigenvalue weighted by Gasteiger charge is -2.22. The van der Waals surface area contributed by atoms with E-state index in [1.807, 2.05) is 27.7 Å². The molecular weight excluding hydrogens is 290 g/mol. The predicted molar refractivity (Wildman–Crippen MR) is 84.7 cm³/mol. The van der Waals surface area contributed by atoms with Crippen LogP contribution in [-0.4, -0.2) is 39.5 Å². The van der Waals surface area contributed by atoms with Crippen molar-refractivity contribution >= 4 is 17.6 Å². The third-order valence-corrected chi connectivity index (χ3v) is 3.98. The molecule has 1 aromatic heterocycles. The largest absolute Gasteiger partial charge is 0.372 e. The SMILES string of the molecule is CCNc1ccn([C@@H]2CS[C@H](COC(C)(C)C)O2)c(=O)n1. The van der Waals surface area contributed by atoms with Crippen LogP contribution in [0.2, 0.25) is 0 Å². The summed E-state index contributed by atoms with van der Waals surface area (Å²) in [4.78, 5) is 16.0. The van der Waals surface area contributed by atoms with E-state index >= 15 is 0 Å². The zero-order valence-electron chi connectivity index (χ0n) is 13.0. The van der Waals surface area contributed by atoms with Gasteiger partial charge < -0.3 is 14.8 Å². The summed E-state index contributed by atoms with van der Waals surface area (Å²) in [6.07, 6.45) is 1.45. The molecule has 0 unspecified atom stereocenters. The number of rotatable bonds is 5. The predicted octanol–water partition coefficient (Wildman–Crippen LogP) is 2.08. The highest BCUT2D eigenvalue weighted by atomic mass is 32.2. The molecule has 0 radical (unpaired) electrons. The first-order valence-electron chi connectivity index (χ1n) is 7.13. The maximum atomic E-state index is 12.0. The summed E-state index contributed by atoms with van der Waals surface area (Å²) in [7, 11) is 0.